The summed E-state index contributed by atoms with van der Waals surface area (Å²) in [5.41, 5.74) is 0. The first-order chi connectivity index (χ1) is 29.7. The van der Waals surface area contributed by atoms with Crippen molar-refractivity contribution in [3.8, 4) is 0 Å². The normalized spacial score (nSPS) is 13.1. The largest absolute Gasteiger partial charge is 0.394 e. The van der Waals surface area contributed by atoms with Crippen LogP contribution in [0.3, 0.4) is 0 Å². The molecular formula is C56H107NO3. The van der Waals surface area contributed by atoms with Gasteiger partial charge in [-0.3, -0.25) is 4.79 Å². The Morgan fingerprint density at radius 1 is 0.400 bits per heavy atom. The third-order valence-electron chi connectivity index (χ3n) is 12.6. The zero-order valence-electron chi connectivity index (χ0n) is 40.7. The van der Waals surface area contributed by atoms with E-state index in [2.05, 4.69) is 43.5 Å². The fraction of sp³-hybridized carbons (Fsp3) is 0.875. The number of hydrogen-bond donors (Lipinski definition) is 3. The topological polar surface area (TPSA) is 69.6 Å². The SMILES string of the molecule is CCCCCCC/C=C\C/C=C\CCCCCCCCCCCCCC(=O)NC(CO)C(O)/C=C/CCCCCCCCCCCCCCCCCCCCCCCCC. The summed E-state index contributed by atoms with van der Waals surface area (Å²) < 4.78 is 0. The lowest BCUT2D eigenvalue weighted by molar-refractivity contribution is -0.123. The van der Waals surface area contributed by atoms with Gasteiger partial charge >= 0.3 is 0 Å². The Balaban J connectivity index is 3.50. The highest BCUT2D eigenvalue weighted by Gasteiger charge is 2.18. The van der Waals surface area contributed by atoms with Crippen molar-refractivity contribution in [3.63, 3.8) is 0 Å². The Bertz CT molecular complexity index is 912. The molecule has 0 aliphatic heterocycles. The van der Waals surface area contributed by atoms with Crippen LogP contribution in [0.1, 0.15) is 296 Å². The van der Waals surface area contributed by atoms with E-state index >= 15 is 0 Å². The van der Waals surface area contributed by atoms with E-state index in [-0.39, 0.29) is 12.5 Å². The van der Waals surface area contributed by atoms with Crippen molar-refractivity contribution >= 4 is 5.91 Å². The van der Waals surface area contributed by atoms with Gasteiger partial charge in [0.1, 0.15) is 0 Å². The monoisotopic (exact) mass is 842 g/mol. The molecule has 4 nitrogen and oxygen atoms in total. The summed E-state index contributed by atoms with van der Waals surface area (Å²) in [5.74, 6) is -0.0628. The number of rotatable bonds is 50. The average molecular weight is 842 g/mol. The van der Waals surface area contributed by atoms with E-state index in [1.54, 1.807) is 6.08 Å². The van der Waals surface area contributed by atoms with Crippen LogP contribution in [0, 0.1) is 0 Å². The maximum absolute atomic E-state index is 12.5. The van der Waals surface area contributed by atoms with Crippen LogP contribution in [0.4, 0.5) is 0 Å². The lowest BCUT2D eigenvalue weighted by Crippen LogP contribution is -2.45. The first-order valence-corrected chi connectivity index (χ1v) is 27.2. The summed E-state index contributed by atoms with van der Waals surface area (Å²) in [5, 5.41) is 23.2. The van der Waals surface area contributed by atoms with Crippen molar-refractivity contribution in [2.24, 2.45) is 0 Å². The van der Waals surface area contributed by atoms with E-state index in [1.807, 2.05) is 6.08 Å². The quantitative estimate of drug-likeness (QED) is 0.0422. The number of allylic oxidation sites excluding steroid dienone is 5. The second-order valence-electron chi connectivity index (χ2n) is 18.7. The zero-order chi connectivity index (χ0) is 43.5. The van der Waals surface area contributed by atoms with Crippen LogP contribution in [0.5, 0.6) is 0 Å². The minimum absolute atomic E-state index is 0.0628. The second kappa shape index (κ2) is 52.0. The van der Waals surface area contributed by atoms with Crippen molar-refractivity contribution in [1.82, 2.24) is 5.32 Å². The molecule has 0 aromatic carbocycles. The van der Waals surface area contributed by atoms with E-state index in [0.717, 1.165) is 32.1 Å². The van der Waals surface area contributed by atoms with Crippen LogP contribution in [0.25, 0.3) is 0 Å². The van der Waals surface area contributed by atoms with Crippen molar-refractivity contribution in [2.45, 2.75) is 309 Å². The standard InChI is InChI=1S/C56H107NO3/c1-3-5-7-9-11-13-15-17-19-21-23-25-27-28-30-31-33-35-37-39-41-43-45-47-49-51-55(59)54(53-58)57-56(60)52-50-48-46-44-42-40-38-36-34-32-29-26-24-22-20-18-16-14-12-10-8-6-4-2/h16,18,22,24,49,51,54-55,58-59H,3-15,17,19-21,23,25-48,50,52-53H2,1-2H3,(H,57,60)/b18-16-,24-22-,51-49+. The molecule has 0 fully saturated rings. The van der Waals surface area contributed by atoms with Gasteiger partial charge in [0, 0.05) is 6.42 Å². The zero-order valence-corrected chi connectivity index (χ0v) is 40.7. The number of unbranched alkanes of at least 4 members (excludes halogenated alkanes) is 39. The molecule has 0 rings (SSSR count). The number of aliphatic hydroxyl groups is 2. The number of carbonyl (C=O) groups excluding carboxylic acids is 1. The van der Waals surface area contributed by atoms with Crippen LogP contribution < -0.4 is 5.32 Å². The smallest absolute Gasteiger partial charge is 0.220 e. The Hall–Kier alpha value is -1.39. The van der Waals surface area contributed by atoms with Crippen molar-refractivity contribution in [2.75, 3.05) is 6.61 Å². The van der Waals surface area contributed by atoms with E-state index in [1.165, 1.54) is 244 Å². The lowest BCUT2D eigenvalue weighted by atomic mass is 10.0. The fourth-order valence-corrected chi connectivity index (χ4v) is 8.45. The minimum atomic E-state index is -0.840. The Morgan fingerprint density at radius 3 is 1.00 bits per heavy atom. The first kappa shape index (κ1) is 58.6. The van der Waals surface area contributed by atoms with Gasteiger partial charge in [0.25, 0.3) is 0 Å². The summed E-state index contributed by atoms with van der Waals surface area (Å²) in [6.07, 6.45) is 70.1. The molecule has 354 valence electrons. The summed E-state index contributed by atoms with van der Waals surface area (Å²) in [6.45, 7) is 4.33. The molecule has 0 saturated carbocycles. The van der Waals surface area contributed by atoms with E-state index < -0.39 is 12.1 Å². The van der Waals surface area contributed by atoms with Gasteiger partial charge in [0.05, 0.1) is 18.8 Å². The van der Waals surface area contributed by atoms with Crippen LogP contribution in [-0.2, 0) is 4.79 Å². The Morgan fingerprint density at radius 2 is 0.683 bits per heavy atom. The predicted octanol–water partition coefficient (Wildman–Crippen LogP) is 17.7. The van der Waals surface area contributed by atoms with Gasteiger partial charge in [0.15, 0.2) is 0 Å². The molecule has 0 saturated heterocycles. The van der Waals surface area contributed by atoms with Crippen LogP contribution in [0.2, 0.25) is 0 Å². The third-order valence-corrected chi connectivity index (χ3v) is 12.6. The van der Waals surface area contributed by atoms with Crippen molar-refractivity contribution < 1.29 is 15.0 Å². The van der Waals surface area contributed by atoms with Gasteiger partial charge in [-0.15, -0.1) is 0 Å². The Labute approximate surface area is 376 Å². The molecule has 0 radical (unpaired) electrons. The highest BCUT2D eigenvalue weighted by molar-refractivity contribution is 5.76. The van der Waals surface area contributed by atoms with E-state index in [0.29, 0.717) is 6.42 Å². The lowest BCUT2D eigenvalue weighted by Gasteiger charge is -2.20. The summed E-state index contributed by atoms with van der Waals surface area (Å²) in [4.78, 5) is 12.5. The van der Waals surface area contributed by atoms with E-state index in [4.69, 9.17) is 0 Å². The van der Waals surface area contributed by atoms with Gasteiger partial charge in [-0.2, -0.15) is 0 Å². The summed E-state index contributed by atoms with van der Waals surface area (Å²) in [6, 6.07) is -0.624. The molecule has 0 aromatic rings. The van der Waals surface area contributed by atoms with Gasteiger partial charge in [0.2, 0.25) is 5.91 Å². The summed E-state index contributed by atoms with van der Waals surface area (Å²) >= 11 is 0. The number of amides is 1. The molecule has 0 bridgehead atoms. The number of carbonyl (C=O) groups is 1. The molecule has 60 heavy (non-hydrogen) atoms. The molecule has 1 amide bonds. The van der Waals surface area contributed by atoms with Crippen LogP contribution in [-0.4, -0.2) is 34.9 Å². The molecule has 3 N–H and O–H groups in total. The van der Waals surface area contributed by atoms with Crippen LogP contribution in [0.15, 0.2) is 36.5 Å². The van der Waals surface area contributed by atoms with Gasteiger partial charge < -0.3 is 15.5 Å². The van der Waals surface area contributed by atoms with E-state index in [9.17, 15) is 15.0 Å². The molecule has 2 atom stereocenters. The van der Waals surface area contributed by atoms with Gasteiger partial charge in [-0.05, 0) is 51.4 Å². The average Bonchev–Trinajstić information content (AvgIpc) is 3.25. The van der Waals surface area contributed by atoms with Crippen LogP contribution >= 0.6 is 0 Å². The maximum Gasteiger partial charge on any atom is 0.220 e. The first-order valence-electron chi connectivity index (χ1n) is 27.2. The summed E-state index contributed by atoms with van der Waals surface area (Å²) in [7, 11) is 0. The van der Waals surface area contributed by atoms with Gasteiger partial charge in [-0.1, -0.05) is 275 Å². The van der Waals surface area contributed by atoms with Crippen molar-refractivity contribution in [1.29, 1.82) is 0 Å². The number of nitrogens with one attached hydrogen (secondary N) is 1. The third kappa shape index (κ3) is 47.7. The molecule has 0 aliphatic rings. The molecule has 0 aromatic heterocycles. The molecule has 0 aliphatic carbocycles. The molecule has 4 heteroatoms. The predicted molar refractivity (Wildman–Crippen MR) is 267 cm³/mol. The van der Waals surface area contributed by atoms with Crippen molar-refractivity contribution in [3.05, 3.63) is 36.5 Å². The number of hydrogen-bond acceptors (Lipinski definition) is 3. The van der Waals surface area contributed by atoms with Gasteiger partial charge in [-0.25, -0.2) is 0 Å². The highest BCUT2D eigenvalue weighted by Crippen LogP contribution is 2.17. The Kier molecular flexibility index (Phi) is 50.8. The highest BCUT2D eigenvalue weighted by atomic mass is 16.3. The molecular weight excluding hydrogens is 735 g/mol. The fourth-order valence-electron chi connectivity index (χ4n) is 8.45. The minimum Gasteiger partial charge on any atom is -0.394 e. The molecule has 2 unspecified atom stereocenters. The second-order valence-corrected chi connectivity index (χ2v) is 18.7. The molecule has 0 heterocycles. The molecule has 0 spiro atoms. The number of aliphatic hydroxyl groups excluding tert-OH is 2. The maximum atomic E-state index is 12.5.